The lowest BCUT2D eigenvalue weighted by atomic mass is 10.0. The number of carboxylic acids is 1. The van der Waals surface area contributed by atoms with Crippen molar-refractivity contribution in [1.29, 1.82) is 0 Å². The smallest absolute Gasteiger partial charge is 0.303 e. The van der Waals surface area contributed by atoms with E-state index in [0.29, 0.717) is 12.8 Å². The second-order valence-corrected chi connectivity index (χ2v) is 7.31. The van der Waals surface area contributed by atoms with Crippen molar-refractivity contribution in [2.75, 3.05) is 6.54 Å². The second kappa shape index (κ2) is 23.4. The number of nitrogens with one attached hydrogen (secondary N) is 1. The normalized spacial score (nSPS) is 10.1. The Hall–Kier alpha value is -1.59. The predicted octanol–water partition coefficient (Wildman–Crippen LogP) is 4.94. The van der Waals surface area contributed by atoms with E-state index in [-0.39, 0.29) is 18.2 Å². The molecule has 0 aromatic rings. The topological polar surface area (TPSA) is 109 Å². The number of carboxylic acid groups (broad SMARTS) is 1. The van der Waals surface area contributed by atoms with Gasteiger partial charge in [0.1, 0.15) is 0 Å². The Bertz CT molecular complexity index is 387. The maximum atomic E-state index is 11.5. The molecule has 0 spiro atoms. The molecule has 0 fully saturated rings. The fraction of sp³-hybridized carbons (Fsp3) is 0.864. The fourth-order valence-corrected chi connectivity index (χ4v) is 2.67. The zero-order valence-electron chi connectivity index (χ0n) is 18.3. The van der Waals surface area contributed by atoms with Gasteiger partial charge < -0.3 is 16.2 Å². The quantitative estimate of drug-likeness (QED) is 0.283. The second-order valence-electron chi connectivity index (χ2n) is 7.31. The molecule has 166 valence electrons. The molecule has 0 saturated heterocycles. The molecule has 0 aromatic carbocycles. The number of hydrogen-bond donors (Lipinski definition) is 3. The van der Waals surface area contributed by atoms with Crippen LogP contribution in [-0.4, -0.2) is 29.4 Å². The van der Waals surface area contributed by atoms with Crippen LogP contribution in [0, 0.1) is 0 Å². The monoisotopic (exact) mass is 400 g/mol. The molecule has 2 amide bonds. The third-order valence-electron chi connectivity index (χ3n) is 4.48. The number of hydrogen-bond acceptors (Lipinski definition) is 3. The Labute approximate surface area is 172 Å². The third kappa shape index (κ3) is 29.2. The largest absolute Gasteiger partial charge is 0.481 e. The highest BCUT2D eigenvalue weighted by atomic mass is 16.4. The summed E-state index contributed by atoms with van der Waals surface area (Å²) in [6, 6.07) is 0. The standard InChI is InChI=1S/C19H38N2O2.C3H6O2/c1-2-3-17-21-19(23)16-14-12-10-8-6-4-5-7-9-11-13-15-18(20)22;1-2-3(4)5/h2-17H2,1H3,(H2,20,22)(H,21,23);2H2,1H3,(H,4,5). The van der Waals surface area contributed by atoms with Gasteiger partial charge in [0.25, 0.3) is 0 Å². The predicted molar refractivity (Wildman–Crippen MR) is 115 cm³/mol. The summed E-state index contributed by atoms with van der Waals surface area (Å²) in [6.45, 7) is 4.57. The van der Waals surface area contributed by atoms with Gasteiger partial charge in [-0.1, -0.05) is 78.1 Å². The van der Waals surface area contributed by atoms with Crippen molar-refractivity contribution in [3.05, 3.63) is 0 Å². The summed E-state index contributed by atoms with van der Waals surface area (Å²) in [4.78, 5) is 31.4. The van der Waals surface area contributed by atoms with Gasteiger partial charge in [-0.15, -0.1) is 0 Å². The minimum absolute atomic E-state index is 0.177. The molecule has 0 aliphatic rings. The summed E-state index contributed by atoms with van der Waals surface area (Å²) in [5.41, 5.74) is 5.11. The number of amides is 2. The van der Waals surface area contributed by atoms with Gasteiger partial charge in [0.2, 0.25) is 11.8 Å². The Morgan fingerprint density at radius 1 is 0.714 bits per heavy atom. The molecular weight excluding hydrogens is 356 g/mol. The number of aliphatic carboxylic acids is 1. The van der Waals surface area contributed by atoms with E-state index in [1.54, 1.807) is 6.92 Å². The van der Waals surface area contributed by atoms with Crippen molar-refractivity contribution >= 4 is 17.8 Å². The van der Waals surface area contributed by atoms with E-state index in [4.69, 9.17) is 10.8 Å². The van der Waals surface area contributed by atoms with Crippen LogP contribution < -0.4 is 11.1 Å². The first-order valence-corrected chi connectivity index (χ1v) is 11.2. The average molecular weight is 401 g/mol. The van der Waals surface area contributed by atoms with Gasteiger partial charge in [-0.3, -0.25) is 14.4 Å². The number of primary amides is 1. The van der Waals surface area contributed by atoms with Crippen LogP contribution in [0.1, 0.15) is 117 Å². The molecule has 0 unspecified atom stereocenters. The van der Waals surface area contributed by atoms with E-state index < -0.39 is 5.97 Å². The lowest BCUT2D eigenvalue weighted by Gasteiger charge is -2.04. The van der Waals surface area contributed by atoms with Crippen molar-refractivity contribution < 1.29 is 19.5 Å². The third-order valence-corrected chi connectivity index (χ3v) is 4.48. The van der Waals surface area contributed by atoms with Gasteiger partial charge in [-0.05, 0) is 19.3 Å². The molecule has 0 bridgehead atoms. The summed E-state index contributed by atoms with van der Waals surface area (Å²) in [5, 5.41) is 10.7. The maximum absolute atomic E-state index is 11.5. The molecule has 0 aliphatic carbocycles. The van der Waals surface area contributed by atoms with E-state index in [9.17, 15) is 14.4 Å². The zero-order chi connectivity index (χ0) is 21.5. The number of nitrogens with two attached hydrogens (primary N) is 1. The van der Waals surface area contributed by atoms with E-state index in [1.165, 1.54) is 51.4 Å². The van der Waals surface area contributed by atoms with Crippen LogP contribution in [0.25, 0.3) is 0 Å². The Balaban J connectivity index is 0. The first-order valence-electron chi connectivity index (χ1n) is 11.2. The lowest BCUT2D eigenvalue weighted by Crippen LogP contribution is -2.23. The number of unbranched alkanes of at least 4 members (excludes halogenated alkanes) is 11. The lowest BCUT2D eigenvalue weighted by molar-refractivity contribution is -0.136. The SMILES string of the molecule is CCC(=O)O.CCCCNC(=O)CCCCCCCCCCCCCC(N)=O. The van der Waals surface area contributed by atoms with Crippen LogP contribution in [0.3, 0.4) is 0 Å². The fourth-order valence-electron chi connectivity index (χ4n) is 2.67. The van der Waals surface area contributed by atoms with Crippen molar-refractivity contribution in [2.24, 2.45) is 5.73 Å². The van der Waals surface area contributed by atoms with Crippen molar-refractivity contribution in [2.45, 2.75) is 117 Å². The molecule has 0 atom stereocenters. The van der Waals surface area contributed by atoms with E-state index in [2.05, 4.69) is 12.2 Å². The summed E-state index contributed by atoms with van der Waals surface area (Å²) in [6.07, 6.45) is 16.9. The van der Waals surface area contributed by atoms with Crippen molar-refractivity contribution in [3.63, 3.8) is 0 Å². The molecule has 6 heteroatoms. The Morgan fingerprint density at radius 2 is 1.11 bits per heavy atom. The highest BCUT2D eigenvalue weighted by Gasteiger charge is 2.00. The van der Waals surface area contributed by atoms with Gasteiger partial charge in [-0.2, -0.15) is 0 Å². The minimum atomic E-state index is -0.745. The summed E-state index contributed by atoms with van der Waals surface area (Å²) in [7, 11) is 0. The van der Waals surface area contributed by atoms with Crippen LogP contribution in [0.5, 0.6) is 0 Å². The zero-order valence-corrected chi connectivity index (χ0v) is 18.3. The molecule has 0 aliphatic heterocycles. The molecule has 28 heavy (non-hydrogen) atoms. The molecule has 0 radical (unpaired) electrons. The molecular formula is C22H44N2O4. The maximum Gasteiger partial charge on any atom is 0.303 e. The van der Waals surface area contributed by atoms with Crippen LogP contribution in [0.15, 0.2) is 0 Å². The van der Waals surface area contributed by atoms with Gasteiger partial charge in [0.05, 0.1) is 0 Å². The summed E-state index contributed by atoms with van der Waals surface area (Å²) >= 11 is 0. The van der Waals surface area contributed by atoms with Gasteiger partial charge in [0.15, 0.2) is 0 Å². The molecule has 0 saturated carbocycles. The molecule has 6 nitrogen and oxygen atoms in total. The van der Waals surface area contributed by atoms with Crippen LogP contribution in [0.2, 0.25) is 0 Å². The summed E-state index contributed by atoms with van der Waals surface area (Å²) in [5.74, 6) is -0.705. The highest BCUT2D eigenvalue weighted by Crippen LogP contribution is 2.12. The van der Waals surface area contributed by atoms with Crippen molar-refractivity contribution in [3.8, 4) is 0 Å². The minimum Gasteiger partial charge on any atom is -0.481 e. The van der Waals surface area contributed by atoms with Gasteiger partial charge in [0, 0.05) is 25.8 Å². The van der Waals surface area contributed by atoms with Gasteiger partial charge >= 0.3 is 5.97 Å². The number of rotatable bonds is 18. The molecule has 4 N–H and O–H groups in total. The van der Waals surface area contributed by atoms with E-state index in [1.807, 2.05) is 0 Å². The van der Waals surface area contributed by atoms with Crippen LogP contribution in [-0.2, 0) is 14.4 Å². The highest BCUT2D eigenvalue weighted by molar-refractivity contribution is 5.75. The van der Waals surface area contributed by atoms with Crippen LogP contribution in [0.4, 0.5) is 0 Å². The van der Waals surface area contributed by atoms with E-state index >= 15 is 0 Å². The first-order chi connectivity index (χ1) is 13.4. The first kappa shape index (κ1) is 28.6. The average Bonchev–Trinajstić information content (AvgIpc) is 2.66. The van der Waals surface area contributed by atoms with Gasteiger partial charge in [-0.25, -0.2) is 0 Å². The summed E-state index contributed by atoms with van der Waals surface area (Å²) < 4.78 is 0. The van der Waals surface area contributed by atoms with E-state index in [0.717, 1.165) is 38.6 Å². The Morgan fingerprint density at radius 3 is 1.46 bits per heavy atom. The molecule has 0 heterocycles. The Kier molecular flexibility index (Phi) is 24.0. The van der Waals surface area contributed by atoms with Crippen molar-refractivity contribution in [1.82, 2.24) is 5.32 Å². The molecule has 0 aromatic heterocycles. The molecule has 0 rings (SSSR count). The number of carbonyl (C=O) groups excluding carboxylic acids is 2. The number of carbonyl (C=O) groups is 3. The van der Waals surface area contributed by atoms with Crippen LogP contribution >= 0.6 is 0 Å².